The number of aryl methyl sites for hydroxylation is 1. The maximum Gasteiger partial charge on any atom is 0.0547 e. The van der Waals surface area contributed by atoms with E-state index in [9.17, 15) is 5.11 Å². The van der Waals surface area contributed by atoms with Crippen LogP contribution in [0.5, 0.6) is 0 Å². The minimum Gasteiger partial charge on any atom is -0.395 e. The average molecular weight is 293 g/mol. The first kappa shape index (κ1) is 15.9. The molecular formula is C17H27NOS. The maximum atomic E-state index is 9.35. The van der Waals surface area contributed by atoms with Gasteiger partial charge >= 0.3 is 0 Å². The molecule has 20 heavy (non-hydrogen) atoms. The lowest BCUT2D eigenvalue weighted by Gasteiger charge is -2.29. The quantitative estimate of drug-likeness (QED) is 0.787. The molecule has 2 rings (SSSR count). The number of aliphatic hydroxyl groups excluding tert-OH is 1. The summed E-state index contributed by atoms with van der Waals surface area (Å²) < 4.78 is 0. The van der Waals surface area contributed by atoms with Crippen LogP contribution in [0.15, 0.2) is 24.3 Å². The van der Waals surface area contributed by atoms with Crippen molar-refractivity contribution >= 4 is 11.8 Å². The monoisotopic (exact) mass is 293 g/mol. The fourth-order valence-corrected chi connectivity index (χ4v) is 4.34. The summed E-state index contributed by atoms with van der Waals surface area (Å²) >= 11 is 1.94. The van der Waals surface area contributed by atoms with Crippen molar-refractivity contribution in [2.24, 2.45) is 0 Å². The molecule has 0 fully saturated rings. The smallest absolute Gasteiger partial charge is 0.0547 e. The molecule has 3 heteroatoms. The summed E-state index contributed by atoms with van der Waals surface area (Å²) in [5, 5.41) is 14.0. The van der Waals surface area contributed by atoms with Crippen LogP contribution < -0.4 is 5.32 Å². The fourth-order valence-electron chi connectivity index (χ4n) is 2.96. The first-order valence-electron chi connectivity index (χ1n) is 7.83. The van der Waals surface area contributed by atoms with Crippen LogP contribution in [-0.4, -0.2) is 28.8 Å². The average Bonchev–Trinajstić information content (AvgIpc) is 2.64. The van der Waals surface area contributed by atoms with Gasteiger partial charge in [0.15, 0.2) is 0 Å². The second kappa shape index (κ2) is 8.06. The molecule has 112 valence electrons. The van der Waals surface area contributed by atoms with E-state index >= 15 is 0 Å². The molecule has 2 nitrogen and oxygen atoms in total. The first-order chi connectivity index (χ1) is 9.76. The highest BCUT2D eigenvalue weighted by Gasteiger charge is 2.28. The summed E-state index contributed by atoms with van der Waals surface area (Å²) in [7, 11) is 0. The molecule has 1 aliphatic carbocycles. The number of aliphatic hydroxyl groups is 1. The standard InChI is InChI=1S/C17H27NOS/c1-3-11-18-17-15-9-5-4-7-14(15)8-6-10-16(17)20-13(2)12-19/h4-5,7,9,13,16-19H,3,6,8,10-12H2,1-2H3. The van der Waals surface area contributed by atoms with Gasteiger partial charge in [0.1, 0.15) is 0 Å². The maximum absolute atomic E-state index is 9.35. The van der Waals surface area contributed by atoms with E-state index in [1.807, 2.05) is 11.8 Å². The molecule has 0 aliphatic heterocycles. The molecule has 2 N–H and O–H groups in total. The Kier molecular flexibility index (Phi) is 6.40. The second-order valence-corrected chi connectivity index (χ2v) is 7.37. The predicted molar refractivity (Wildman–Crippen MR) is 88.3 cm³/mol. The van der Waals surface area contributed by atoms with Gasteiger partial charge in [0, 0.05) is 16.5 Å². The number of benzene rings is 1. The zero-order valence-corrected chi connectivity index (χ0v) is 13.5. The summed E-state index contributed by atoms with van der Waals surface area (Å²) in [6.45, 7) is 5.67. The lowest BCUT2D eigenvalue weighted by atomic mass is 9.99. The molecule has 0 spiro atoms. The Hall–Kier alpha value is -0.510. The summed E-state index contributed by atoms with van der Waals surface area (Å²) in [6.07, 6.45) is 4.82. The molecule has 0 amide bonds. The van der Waals surface area contributed by atoms with Crippen LogP contribution in [-0.2, 0) is 6.42 Å². The molecule has 0 saturated heterocycles. The summed E-state index contributed by atoms with van der Waals surface area (Å²) in [5.41, 5.74) is 2.97. The minimum atomic E-state index is 0.267. The third kappa shape index (κ3) is 4.00. The van der Waals surface area contributed by atoms with Crippen molar-refractivity contribution in [1.82, 2.24) is 5.32 Å². The van der Waals surface area contributed by atoms with Gasteiger partial charge in [-0.05, 0) is 43.4 Å². The summed E-state index contributed by atoms with van der Waals surface area (Å²) in [6, 6.07) is 9.29. The van der Waals surface area contributed by atoms with Gasteiger partial charge in [0.25, 0.3) is 0 Å². The van der Waals surface area contributed by atoms with Crippen molar-refractivity contribution in [3.63, 3.8) is 0 Å². The van der Waals surface area contributed by atoms with E-state index in [4.69, 9.17) is 0 Å². The van der Waals surface area contributed by atoms with Crippen molar-refractivity contribution in [1.29, 1.82) is 0 Å². The van der Waals surface area contributed by atoms with E-state index < -0.39 is 0 Å². The molecule has 1 aromatic rings. The Balaban J connectivity index is 2.22. The van der Waals surface area contributed by atoms with Gasteiger partial charge in [-0.25, -0.2) is 0 Å². The number of hydrogen-bond donors (Lipinski definition) is 2. The van der Waals surface area contributed by atoms with Gasteiger partial charge in [0.2, 0.25) is 0 Å². The van der Waals surface area contributed by atoms with Crippen LogP contribution >= 0.6 is 11.8 Å². The molecule has 0 aromatic heterocycles. The van der Waals surface area contributed by atoms with Crippen LogP contribution in [0.1, 0.15) is 50.3 Å². The highest BCUT2D eigenvalue weighted by atomic mass is 32.2. The van der Waals surface area contributed by atoms with Crippen molar-refractivity contribution in [3.05, 3.63) is 35.4 Å². The zero-order valence-electron chi connectivity index (χ0n) is 12.6. The van der Waals surface area contributed by atoms with Crippen LogP contribution in [0.4, 0.5) is 0 Å². The van der Waals surface area contributed by atoms with E-state index in [0.29, 0.717) is 16.5 Å². The van der Waals surface area contributed by atoms with Crippen LogP contribution in [0.25, 0.3) is 0 Å². The van der Waals surface area contributed by atoms with Gasteiger partial charge in [-0.2, -0.15) is 11.8 Å². The molecule has 0 bridgehead atoms. The summed E-state index contributed by atoms with van der Waals surface area (Å²) in [5.74, 6) is 0. The normalized spacial score (nSPS) is 23.9. The van der Waals surface area contributed by atoms with Crippen LogP contribution in [0.2, 0.25) is 0 Å². The van der Waals surface area contributed by atoms with E-state index in [1.165, 1.54) is 30.4 Å². The molecule has 1 aromatic carbocycles. The molecule has 3 unspecified atom stereocenters. The summed E-state index contributed by atoms with van der Waals surface area (Å²) in [4.78, 5) is 0. The number of fused-ring (bicyclic) bond motifs is 1. The van der Waals surface area contributed by atoms with E-state index in [1.54, 1.807) is 0 Å². The highest BCUT2D eigenvalue weighted by molar-refractivity contribution is 8.00. The van der Waals surface area contributed by atoms with Gasteiger partial charge in [0.05, 0.1) is 6.61 Å². The lowest BCUT2D eigenvalue weighted by Crippen LogP contribution is -2.32. The minimum absolute atomic E-state index is 0.267. The third-order valence-corrected chi connectivity index (χ3v) is 5.45. The van der Waals surface area contributed by atoms with E-state index in [0.717, 1.165) is 13.0 Å². The first-order valence-corrected chi connectivity index (χ1v) is 8.78. The van der Waals surface area contributed by atoms with E-state index in [2.05, 4.69) is 43.4 Å². The zero-order chi connectivity index (χ0) is 14.4. The van der Waals surface area contributed by atoms with Crippen molar-refractivity contribution in [2.75, 3.05) is 13.2 Å². The van der Waals surface area contributed by atoms with Crippen LogP contribution in [0, 0.1) is 0 Å². The molecule has 0 heterocycles. The second-order valence-electron chi connectivity index (χ2n) is 5.69. The van der Waals surface area contributed by atoms with Gasteiger partial charge < -0.3 is 10.4 Å². The number of thioether (sulfide) groups is 1. The van der Waals surface area contributed by atoms with Gasteiger partial charge in [-0.15, -0.1) is 0 Å². The Bertz CT molecular complexity index is 410. The lowest BCUT2D eigenvalue weighted by molar-refractivity contribution is 0.299. The van der Waals surface area contributed by atoms with Crippen LogP contribution in [0.3, 0.4) is 0 Å². The Labute approximate surface area is 127 Å². The predicted octanol–water partition coefficient (Wildman–Crippen LogP) is 3.55. The van der Waals surface area contributed by atoms with Crippen molar-refractivity contribution < 1.29 is 5.11 Å². The Morgan fingerprint density at radius 2 is 2.20 bits per heavy atom. The Morgan fingerprint density at radius 3 is 2.95 bits per heavy atom. The Morgan fingerprint density at radius 1 is 1.40 bits per heavy atom. The van der Waals surface area contributed by atoms with Gasteiger partial charge in [-0.1, -0.05) is 38.1 Å². The third-order valence-electron chi connectivity index (χ3n) is 3.98. The number of rotatable bonds is 6. The van der Waals surface area contributed by atoms with Gasteiger partial charge in [-0.3, -0.25) is 0 Å². The largest absolute Gasteiger partial charge is 0.395 e. The van der Waals surface area contributed by atoms with Crippen molar-refractivity contribution in [2.45, 2.75) is 56.1 Å². The number of nitrogens with one attached hydrogen (secondary N) is 1. The molecule has 0 saturated carbocycles. The fraction of sp³-hybridized carbons (Fsp3) is 0.647. The molecule has 3 atom stereocenters. The van der Waals surface area contributed by atoms with E-state index in [-0.39, 0.29) is 6.61 Å². The topological polar surface area (TPSA) is 32.3 Å². The molecular weight excluding hydrogens is 266 g/mol. The molecule has 0 radical (unpaired) electrons. The SMILES string of the molecule is CCCNC1c2ccccc2CCCC1SC(C)CO. The number of hydrogen-bond acceptors (Lipinski definition) is 3. The highest BCUT2D eigenvalue weighted by Crippen LogP contribution is 2.37. The van der Waals surface area contributed by atoms with Crippen molar-refractivity contribution in [3.8, 4) is 0 Å². The molecule has 1 aliphatic rings.